The van der Waals surface area contributed by atoms with Gasteiger partial charge in [0.2, 0.25) is 0 Å². The minimum atomic E-state index is -3.61. The standard InChI is InChI=1S/C19H25FN4O4S/c1-14-6-10-24(11-7-14)12-9-21-18(25)19-22-17(23-28-19)8-13-29(26,27)16-4-2-15(20)3-5-16/h2-5,14H,6-13H2,1H3,(H,21,25). The van der Waals surface area contributed by atoms with Crippen molar-refractivity contribution in [3.8, 4) is 0 Å². The van der Waals surface area contributed by atoms with E-state index in [2.05, 4.69) is 27.3 Å². The number of benzene rings is 1. The van der Waals surface area contributed by atoms with Gasteiger partial charge in [0, 0.05) is 19.5 Å². The second-order valence-electron chi connectivity index (χ2n) is 7.32. The number of rotatable bonds is 8. The number of halogens is 1. The Balaban J connectivity index is 1.46. The lowest BCUT2D eigenvalue weighted by Gasteiger charge is -2.29. The van der Waals surface area contributed by atoms with Crippen LogP contribution in [0.2, 0.25) is 0 Å². The van der Waals surface area contributed by atoms with Gasteiger partial charge < -0.3 is 14.7 Å². The van der Waals surface area contributed by atoms with Crippen molar-refractivity contribution in [2.45, 2.75) is 31.1 Å². The normalized spacial score (nSPS) is 16.1. The van der Waals surface area contributed by atoms with Crippen LogP contribution in [0.4, 0.5) is 4.39 Å². The van der Waals surface area contributed by atoms with Gasteiger partial charge in [-0.15, -0.1) is 0 Å². The fourth-order valence-electron chi connectivity index (χ4n) is 3.12. The summed E-state index contributed by atoms with van der Waals surface area (Å²) in [5.74, 6) is -0.558. The summed E-state index contributed by atoms with van der Waals surface area (Å²) in [5.41, 5.74) is 0. The molecule has 0 radical (unpaired) electrons. The molecule has 1 N–H and O–H groups in total. The molecule has 8 nitrogen and oxygen atoms in total. The second-order valence-corrected chi connectivity index (χ2v) is 9.43. The Bertz CT molecular complexity index is 922. The highest BCUT2D eigenvalue weighted by Crippen LogP contribution is 2.15. The van der Waals surface area contributed by atoms with Crippen LogP contribution in [0.1, 0.15) is 36.3 Å². The fraction of sp³-hybridized carbons (Fsp3) is 0.526. The molecule has 0 atom stereocenters. The maximum absolute atomic E-state index is 12.9. The largest absolute Gasteiger partial charge is 0.347 e. The number of sulfone groups is 1. The van der Waals surface area contributed by atoms with Gasteiger partial charge in [-0.25, -0.2) is 12.8 Å². The van der Waals surface area contributed by atoms with Crippen LogP contribution in [-0.4, -0.2) is 61.3 Å². The first-order valence-corrected chi connectivity index (χ1v) is 11.3. The SMILES string of the molecule is CC1CCN(CCNC(=O)c2nc(CCS(=O)(=O)c3ccc(F)cc3)no2)CC1. The van der Waals surface area contributed by atoms with Crippen LogP contribution in [0.15, 0.2) is 33.7 Å². The molecule has 3 rings (SSSR count). The molecule has 1 amide bonds. The monoisotopic (exact) mass is 424 g/mol. The predicted octanol–water partition coefficient (Wildman–Crippen LogP) is 1.69. The zero-order valence-electron chi connectivity index (χ0n) is 16.3. The highest BCUT2D eigenvalue weighted by molar-refractivity contribution is 7.91. The highest BCUT2D eigenvalue weighted by atomic mass is 32.2. The third-order valence-electron chi connectivity index (χ3n) is 5.02. The minimum Gasteiger partial charge on any atom is -0.347 e. The maximum Gasteiger partial charge on any atom is 0.315 e. The van der Waals surface area contributed by atoms with E-state index in [0.717, 1.165) is 37.7 Å². The lowest BCUT2D eigenvalue weighted by molar-refractivity contribution is 0.0901. The molecule has 1 aromatic heterocycles. The Kier molecular flexibility index (Phi) is 6.96. The molecule has 2 aromatic rings. The maximum atomic E-state index is 12.9. The fourth-order valence-corrected chi connectivity index (χ4v) is 4.36. The van der Waals surface area contributed by atoms with Crippen molar-refractivity contribution in [3.05, 3.63) is 41.8 Å². The van der Waals surface area contributed by atoms with Crippen LogP contribution in [-0.2, 0) is 16.3 Å². The number of aromatic nitrogens is 2. The van der Waals surface area contributed by atoms with E-state index in [4.69, 9.17) is 4.52 Å². The molecule has 10 heteroatoms. The molecule has 1 fully saturated rings. The molecular weight excluding hydrogens is 399 g/mol. The molecule has 1 saturated heterocycles. The Hall–Kier alpha value is -2.33. The van der Waals surface area contributed by atoms with Crippen molar-refractivity contribution in [3.63, 3.8) is 0 Å². The van der Waals surface area contributed by atoms with Gasteiger partial charge in [0.05, 0.1) is 10.6 Å². The van der Waals surface area contributed by atoms with Gasteiger partial charge in [-0.05, 0) is 56.1 Å². The summed E-state index contributed by atoms with van der Waals surface area (Å²) in [7, 11) is -3.61. The van der Waals surface area contributed by atoms with Gasteiger partial charge in [-0.1, -0.05) is 12.1 Å². The summed E-state index contributed by atoms with van der Waals surface area (Å²) in [4.78, 5) is 18.4. The summed E-state index contributed by atoms with van der Waals surface area (Å²) < 4.78 is 42.4. The van der Waals surface area contributed by atoms with E-state index in [0.29, 0.717) is 6.54 Å². The van der Waals surface area contributed by atoms with E-state index < -0.39 is 21.6 Å². The smallest absolute Gasteiger partial charge is 0.315 e. The van der Waals surface area contributed by atoms with Crippen LogP contribution >= 0.6 is 0 Å². The first-order chi connectivity index (χ1) is 13.8. The summed E-state index contributed by atoms with van der Waals surface area (Å²) in [6.07, 6.45) is 2.33. The number of hydrogen-bond acceptors (Lipinski definition) is 7. The van der Waals surface area contributed by atoms with E-state index in [1.165, 1.54) is 25.0 Å². The molecule has 1 aliphatic rings. The van der Waals surface area contributed by atoms with Gasteiger partial charge in [0.15, 0.2) is 15.7 Å². The summed E-state index contributed by atoms with van der Waals surface area (Å²) >= 11 is 0. The molecule has 0 saturated carbocycles. The zero-order chi connectivity index (χ0) is 20.9. The van der Waals surface area contributed by atoms with E-state index >= 15 is 0 Å². The third kappa shape index (κ3) is 6.07. The van der Waals surface area contributed by atoms with Crippen LogP contribution < -0.4 is 5.32 Å². The van der Waals surface area contributed by atoms with Gasteiger partial charge in [-0.2, -0.15) is 4.98 Å². The first-order valence-electron chi connectivity index (χ1n) is 9.65. The van der Waals surface area contributed by atoms with E-state index in [1.807, 2.05) is 0 Å². The number of hydrogen-bond donors (Lipinski definition) is 1. The van der Waals surface area contributed by atoms with Crippen LogP contribution in [0, 0.1) is 11.7 Å². The summed E-state index contributed by atoms with van der Waals surface area (Å²) in [6, 6.07) is 4.60. The van der Waals surface area contributed by atoms with Crippen LogP contribution in [0.3, 0.4) is 0 Å². The molecule has 29 heavy (non-hydrogen) atoms. The number of piperidine rings is 1. The lowest BCUT2D eigenvalue weighted by atomic mass is 9.99. The number of nitrogens with zero attached hydrogens (tertiary/aromatic N) is 3. The molecular formula is C19H25FN4O4S. The van der Waals surface area contributed by atoms with Crippen LogP contribution in [0.5, 0.6) is 0 Å². The van der Waals surface area contributed by atoms with E-state index in [-0.39, 0.29) is 28.8 Å². The average Bonchev–Trinajstić information content (AvgIpc) is 3.18. The number of aryl methyl sites for hydroxylation is 1. The molecule has 2 heterocycles. The second kappa shape index (κ2) is 9.45. The zero-order valence-corrected chi connectivity index (χ0v) is 17.1. The molecule has 0 bridgehead atoms. The topological polar surface area (TPSA) is 105 Å². The Labute approximate surface area is 169 Å². The average molecular weight is 424 g/mol. The Morgan fingerprint density at radius 3 is 2.66 bits per heavy atom. The van der Waals surface area contributed by atoms with Crippen molar-refractivity contribution in [1.29, 1.82) is 0 Å². The van der Waals surface area contributed by atoms with Gasteiger partial charge in [0.25, 0.3) is 0 Å². The summed E-state index contributed by atoms with van der Waals surface area (Å²) in [6.45, 7) is 5.55. The molecule has 1 aliphatic heterocycles. The number of nitrogens with one attached hydrogen (secondary N) is 1. The van der Waals surface area contributed by atoms with Crippen LogP contribution in [0.25, 0.3) is 0 Å². The van der Waals surface area contributed by atoms with E-state index in [1.54, 1.807) is 0 Å². The molecule has 0 unspecified atom stereocenters. The van der Waals surface area contributed by atoms with Gasteiger partial charge in [-0.3, -0.25) is 4.79 Å². The Morgan fingerprint density at radius 2 is 1.97 bits per heavy atom. The lowest BCUT2D eigenvalue weighted by Crippen LogP contribution is -2.39. The van der Waals surface area contributed by atoms with Crippen molar-refractivity contribution in [1.82, 2.24) is 20.4 Å². The van der Waals surface area contributed by atoms with Crippen molar-refractivity contribution >= 4 is 15.7 Å². The first kappa shape index (κ1) is 21.4. The molecule has 158 valence electrons. The molecule has 0 spiro atoms. The van der Waals surface area contributed by atoms with Crippen molar-refractivity contribution < 1.29 is 22.1 Å². The number of carbonyl (C=O) groups excluding carboxylic acids is 1. The Morgan fingerprint density at radius 1 is 1.28 bits per heavy atom. The van der Waals surface area contributed by atoms with Gasteiger partial charge >= 0.3 is 11.8 Å². The van der Waals surface area contributed by atoms with Gasteiger partial charge in [0.1, 0.15) is 5.82 Å². The predicted molar refractivity (Wildman–Crippen MR) is 104 cm³/mol. The highest BCUT2D eigenvalue weighted by Gasteiger charge is 2.20. The molecule has 0 aliphatic carbocycles. The van der Waals surface area contributed by atoms with E-state index in [9.17, 15) is 17.6 Å². The van der Waals surface area contributed by atoms with Crippen molar-refractivity contribution in [2.24, 2.45) is 5.92 Å². The van der Waals surface area contributed by atoms with Crippen molar-refractivity contribution in [2.75, 3.05) is 31.9 Å². The summed E-state index contributed by atoms with van der Waals surface area (Å²) in [5, 5.41) is 6.42. The quantitative estimate of drug-likeness (QED) is 0.643. The molecule has 1 aromatic carbocycles. The number of amides is 1. The minimum absolute atomic E-state index is 0.0115. The third-order valence-corrected chi connectivity index (χ3v) is 6.75. The number of carbonyl (C=O) groups is 1. The number of likely N-dealkylation sites (tertiary alicyclic amines) is 1.